The molecule has 0 spiro atoms. The molecule has 156 valence electrons. The van der Waals surface area contributed by atoms with Crippen molar-refractivity contribution >= 4 is 30.0 Å². The van der Waals surface area contributed by atoms with Crippen LogP contribution in [-0.4, -0.2) is 47.6 Å². The Labute approximate surface area is 178 Å². The first-order valence-electron chi connectivity index (χ1n) is 9.53. The summed E-state index contributed by atoms with van der Waals surface area (Å²) in [6.45, 7) is 4.19. The number of carbonyl (C=O) groups is 1. The number of aromatic nitrogens is 5. The summed E-state index contributed by atoms with van der Waals surface area (Å²) < 4.78 is 1.63. The molecule has 10 nitrogen and oxygen atoms in total. The van der Waals surface area contributed by atoms with Crippen LogP contribution in [0.5, 0.6) is 0 Å². The zero-order chi connectivity index (χ0) is 22.1. The number of nitrogens with two attached hydrogens (primary N) is 1. The van der Waals surface area contributed by atoms with Crippen molar-refractivity contribution in [2.45, 2.75) is 20.4 Å². The van der Waals surface area contributed by atoms with Gasteiger partial charge in [0.05, 0.1) is 5.56 Å². The van der Waals surface area contributed by atoms with Crippen molar-refractivity contribution in [3.63, 3.8) is 0 Å². The van der Waals surface area contributed by atoms with Gasteiger partial charge in [-0.2, -0.15) is 0 Å². The molecule has 0 aliphatic carbocycles. The Hall–Kier alpha value is -3.83. The summed E-state index contributed by atoms with van der Waals surface area (Å²) in [5.74, 6) is 0.747. The zero-order valence-corrected chi connectivity index (χ0v) is 16.9. The molecular weight excluding hydrogens is 397 g/mol. The first kappa shape index (κ1) is 20.4. The van der Waals surface area contributed by atoms with Crippen molar-refractivity contribution in [1.82, 2.24) is 24.6 Å². The van der Waals surface area contributed by atoms with Gasteiger partial charge in [-0.1, -0.05) is 24.3 Å². The summed E-state index contributed by atoms with van der Waals surface area (Å²) in [6, 6.07) is 10.3. The van der Waals surface area contributed by atoms with Gasteiger partial charge in [-0.15, -0.1) is 10.2 Å². The van der Waals surface area contributed by atoms with Crippen LogP contribution in [0.1, 0.15) is 27.2 Å². The lowest BCUT2D eigenvalue weighted by Crippen LogP contribution is -2.30. The SMILES string of the molecule is Cc1nc(-c2nnc3c(C(N)=O)cccn23)nc(NCc2cccc(B(O)O)c2)c1C. The highest BCUT2D eigenvalue weighted by Crippen LogP contribution is 2.22. The second-order valence-corrected chi connectivity index (χ2v) is 7.08. The van der Waals surface area contributed by atoms with E-state index in [1.807, 2.05) is 19.9 Å². The first-order valence-corrected chi connectivity index (χ1v) is 9.53. The van der Waals surface area contributed by atoms with E-state index in [2.05, 4.69) is 25.5 Å². The van der Waals surface area contributed by atoms with Gasteiger partial charge in [0.25, 0.3) is 5.91 Å². The lowest BCUT2D eigenvalue weighted by Gasteiger charge is -2.12. The third kappa shape index (κ3) is 3.96. The Morgan fingerprint density at radius 1 is 1.16 bits per heavy atom. The molecule has 0 fully saturated rings. The average Bonchev–Trinajstić information content (AvgIpc) is 3.19. The van der Waals surface area contributed by atoms with Crippen molar-refractivity contribution in [2.75, 3.05) is 5.32 Å². The molecule has 0 atom stereocenters. The molecule has 0 saturated carbocycles. The van der Waals surface area contributed by atoms with Gasteiger partial charge in [0.2, 0.25) is 5.82 Å². The van der Waals surface area contributed by atoms with Crippen LogP contribution < -0.4 is 16.5 Å². The molecule has 3 aromatic heterocycles. The van der Waals surface area contributed by atoms with Crippen LogP contribution in [0.4, 0.5) is 5.82 Å². The molecule has 4 aromatic rings. The topological polar surface area (TPSA) is 152 Å². The standard InChI is InChI=1S/C20H20BN7O3/c1-11-12(2)24-18(20-27-26-19-15(16(22)29)7-4-8-28(19)20)25-17(11)23-10-13-5-3-6-14(9-13)21(30)31/h3-9,30-31H,10H2,1-2H3,(H2,22,29)(H,23,24,25). The van der Waals surface area contributed by atoms with Gasteiger partial charge in [-0.25, -0.2) is 9.97 Å². The number of rotatable bonds is 6. The van der Waals surface area contributed by atoms with Gasteiger partial charge in [0.1, 0.15) is 5.82 Å². The van der Waals surface area contributed by atoms with E-state index >= 15 is 0 Å². The minimum absolute atomic E-state index is 0.259. The summed E-state index contributed by atoms with van der Waals surface area (Å²) in [5.41, 5.74) is 8.92. The average molecular weight is 417 g/mol. The van der Waals surface area contributed by atoms with E-state index in [0.717, 1.165) is 16.8 Å². The Bertz CT molecular complexity index is 1290. The van der Waals surface area contributed by atoms with E-state index in [0.29, 0.717) is 35.1 Å². The van der Waals surface area contributed by atoms with E-state index in [-0.39, 0.29) is 5.56 Å². The van der Waals surface area contributed by atoms with Crippen molar-refractivity contribution in [1.29, 1.82) is 0 Å². The number of aryl methyl sites for hydroxylation is 1. The Balaban J connectivity index is 1.69. The Kier molecular flexibility index (Phi) is 5.36. The fourth-order valence-electron chi connectivity index (χ4n) is 3.21. The number of carbonyl (C=O) groups excluding carboxylic acids is 1. The molecule has 1 aromatic carbocycles. The van der Waals surface area contributed by atoms with Crippen LogP contribution in [0.25, 0.3) is 17.3 Å². The predicted octanol–water partition coefficient (Wildman–Crippen LogP) is 0.194. The van der Waals surface area contributed by atoms with Crippen LogP contribution in [-0.2, 0) is 6.54 Å². The van der Waals surface area contributed by atoms with Gasteiger partial charge in [-0.05, 0) is 37.0 Å². The summed E-state index contributed by atoms with van der Waals surface area (Å²) in [4.78, 5) is 20.8. The van der Waals surface area contributed by atoms with E-state index in [4.69, 9.17) is 5.73 Å². The third-order valence-electron chi connectivity index (χ3n) is 5.00. The van der Waals surface area contributed by atoms with Crippen LogP contribution in [0, 0.1) is 13.8 Å². The summed E-state index contributed by atoms with van der Waals surface area (Å²) in [5, 5.41) is 30.3. The Morgan fingerprint density at radius 3 is 2.71 bits per heavy atom. The molecule has 0 bridgehead atoms. The number of nitrogens with zero attached hydrogens (tertiary/aromatic N) is 5. The fourth-order valence-corrected chi connectivity index (χ4v) is 3.21. The van der Waals surface area contributed by atoms with E-state index in [9.17, 15) is 14.8 Å². The lowest BCUT2D eigenvalue weighted by atomic mass is 9.80. The normalized spacial score (nSPS) is 11.0. The van der Waals surface area contributed by atoms with E-state index in [1.165, 1.54) is 0 Å². The van der Waals surface area contributed by atoms with Crippen molar-refractivity contribution in [2.24, 2.45) is 5.73 Å². The molecule has 5 N–H and O–H groups in total. The molecule has 11 heteroatoms. The number of anilines is 1. The number of fused-ring (bicyclic) bond motifs is 1. The number of pyridine rings is 1. The first-order chi connectivity index (χ1) is 14.8. The number of hydrogen-bond acceptors (Lipinski definition) is 8. The van der Waals surface area contributed by atoms with Crippen molar-refractivity contribution in [3.8, 4) is 11.6 Å². The Morgan fingerprint density at radius 2 is 1.97 bits per heavy atom. The van der Waals surface area contributed by atoms with Crippen LogP contribution in [0.3, 0.4) is 0 Å². The van der Waals surface area contributed by atoms with Gasteiger partial charge in [-0.3, -0.25) is 9.20 Å². The molecule has 0 aliphatic heterocycles. The maximum Gasteiger partial charge on any atom is 0.488 e. The summed E-state index contributed by atoms with van der Waals surface area (Å²) in [6.07, 6.45) is 1.72. The third-order valence-corrected chi connectivity index (χ3v) is 5.00. The second-order valence-electron chi connectivity index (χ2n) is 7.08. The molecule has 0 aliphatic rings. The minimum Gasteiger partial charge on any atom is -0.423 e. The number of amides is 1. The molecular formula is C20H20BN7O3. The smallest absolute Gasteiger partial charge is 0.423 e. The second kappa shape index (κ2) is 8.13. The lowest BCUT2D eigenvalue weighted by molar-refractivity contribution is 0.100. The highest BCUT2D eigenvalue weighted by molar-refractivity contribution is 6.58. The molecule has 4 rings (SSSR count). The summed E-state index contributed by atoms with van der Waals surface area (Å²) in [7, 11) is -1.53. The van der Waals surface area contributed by atoms with Crippen molar-refractivity contribution in [3.05, 3.63) is 65.0 Å². The van der Waals surface area contributed by atoms with Gasteiger partial charge < -0.3 is 21.1 Å². The maximum atomic E-state index is 11.7. The molecule has 1 amide bonds. The van der Waals surface area contributed by atoms with Crippen LogP contribution >= 0.6 is 0 Å². The molecule has 3 heterocycles. The highest BCUT2D eigenvalue weighted by atomic mass is 16.4. The van der Waals surface area contributed by atoms with Crippen molar-refractivity contribution < 1.29 is 14.8 Å². The van der Waals surface area contributed by atoms with Gasteiger partial charge in [0.15, 0.2) is 11.5 Å². The predicted molar refractivity (Wildman–Crippen MR) is 116 cm³/mol. The minimum atomic E-state index is -1.53. The van der Waals surface area contributed by atoms with Gasteiger partial charge in [0, 0.05) is 24.0 Å². The largest absolute Gasteiger partial charge is 0.488 e. The molecule has 31 heavy (non-hydrogen) atoms. The van der Waals surface area contributed by atoms with E-state index < -0.39 is 13.0 Å². The highest BCUT2D eigenvalue weighted by Gasteiger charge is 2.18. The number of hydrogen-bond donors (Lipinski definition) is 4. The fraction of sp³-hybridized carbons (Fsp3) is 0.150. The number of primary amides is 1. The molecule has 0 unspecified atom stereocenters. The number of benzene rings is 1. The summed E-state index contributed by atoms with van der Waals surface area (Å²) >= 11 is 0. The molecule has 0 saturated heterocycles. The maximum absolute atomic E-state index is 11.7. The van der Waals surface area contributed by atoms with E-state index in [1.54, 1.807) is 40.9 Å². The quantitative estimate of drug-likeness (QED) is 0.325. The molecule has 0 radical (unpaired) electrons. The van der Waals surface area contributed by atoms with Crippen LogP contribution in [0.2, 0.25) is 0 Å². The number of nitrogens with one attached hydrogen (secondary N) is 1. The van der Waals surface area contributed by atoms with Crippen LogP contribution in [0.15, 0.2) is 42.6 Å². The van der Waals surface area contributed by atoms with Gasteiger partial charge >= 0.3 is 7.12 Å². The monoisotopic (exact) mass is 417 g/mol. The zero-order valence-electron chi connectivity index (χ0n) is 16.9.